The Balaban J connectivity index is 1.81. The van der Waals surface area contributed by atoms with Crippen LogP contribution in [0.25, 0.3) is 0 Å². The maximum Gasteiger partial charge on any atom is 0.344 e. The van der Waals surface area contributed by atoms with Crippen LogP contribution in [0, 0.1) is 0 Å². The van der Waals surface area contributed by atoms with Gasteiger partial charge in [0.05, 0.1) is 15.6 Å². The number of pyridine rings is 1. The van der Waals surface area contributed by atoms with E-state index in [1.54, 1.807) is 12.1 Å². The third-order valence-corrected chi connectivity index (χ3v) is 3.42. The van der Waals surface area contributed by atoms with Crippen LogP contribution in [0.2, 0.25) is 10.0 Å². The van der Waals surface area contributed by atoms with Gasteiger partial charge in [0.2, 0.25) is 0 Å². The lowest BCUT2D eigenvalue weighted by Gasteiger charge is -2.10. The topological polar surface area (TPSA) is 121 Å². The van der Waals surface area contributed by atoms with Crippen LogP contribution >= 0.6 is 23.2 Å². The van der Waals surface area contributed by atoms with Crippen LogP contribution in [-0.2, 0) is 14.3 Å². The Morgan fingerprint density at radius 3 is 2.58 bits per heavy atom. The number of nitrogens with one attached hydrogen (secondary N) is 1. The molecule has 0 radical (unpaired) electrons. The van der Waals surface area contributed by atoms with E-state index in [4.69, 9.17) is 38.4 Å². The summed E-state index contributed by atoms with van der Waals surface area (Å²) in [6, 6.07) is 7.56. The highest BCUT2D eigenvalue weighted by Crippen LogP contribution is 2.22. The van der Waals surface area contributed by atoms with Gasteiger partial charge in [-0.2, -0.15) is 0 Å². The summed E-state index contributed by atoms with van der Waals surface area (Å²) in [7, 11) is 0. The maximum atomic E-state index is 11.7. The molecule has 2 aromatic rings. The summed E-state index contributed by atoms with van der Waals surface area (Å²) in [4.78, 5) is 38.5. The number of halogens is 2. The van der Waals surface area contributed by atoms with Crippen LogP contribution in [0.3, 0.4) is 0 Å². The number of carbonyl (C=O) groups excluding carboxylic acids is 3. The van der Waals surface area contributed by atoms with E-state index in [-0.39, 0.29) is 22.2 Å². The van der Waals surface area contributed by atoms with Gasteiger partial charge in [0, 0.05) is 6.20 Å². The number of carbonyl (C=O) groups is 3. The first kappa shape index (κ1) is 19.5. The molecule has 26 heavy (non-hydrogen) atoms. The summed E-state index contributed by atoms with van der Waals surface area (Å²) in [5.74, 6) is -1.93. The van der Waals surface area contributed by atoms with Gasteiger partial charge in [0.25, 0.3) is 11.8 Å². The Kier molecular flexibility index (Phi) is 6.76. The Morgan fingerprint density at radius 2 is 1.88 bits per heavy atom. The number of primary amides is 1. The van der Waals surface area contributed by atoms with Crippen molar-refractivity contribution < 1.29 is 23.9 Å². The highest BCUT2D eigenvalue weighted by Gasteiger charge is 2.13. The lowest BCUT2D eigenvalue weighted by molar-refractivity contribution is -0.149. The molecule has 136 valence electrons. The molecule has 2 amide bonds. The fraction of sp³-hybridized carbons (Fsp3) is 0.125. The summed E-state index contributed by atoms with van der Waals surface area (Å²) in [5.41, 5.74) is 5.33. The normalized spacial score (nSPS) is 10.1. The monoisotopic (exact) mass is 397 g/mol. The third-order valence-electron chi connectivity index (χ3n) is 2.93. The molecule has 0 spiro atoms. The second kappa shape index (κ2) is 9.02. The molecule has 0 saturated heterocycles. The molecule has 1 heterocycles. The summed E-state index contributed by atoms with van der Waals surface area (Å²) < 4.78 is 9.96. The maximum absolute atomic E-state index is 11.7. The molecular formula is C16H13Cl2N3O5. The number of rotatable bonds is 7. The van der Waals surface area contributed by atoms with Gasteiger partial charge >= 0.3 is 5.97 Å². The lowest BCUT2D eigenvalue weighted by Crippen LogP contribution is -2.24. The SMILES string of the molecule is NC(=O)c1ccccc1OCC(=O)OCC(=O)Nc1ncc(Cl)cc1Cl. The molecule has 0 aliphatic rings. The number of hydrogen-bond donors (Lipinski definition) is 2. The minimum atomic E-state index is -0.811. The van der Waals surface area contributed by atoms with Crippen LogP contribution in [-0.4, -0.2) is 36.0 Å². The van der Waals surface area contributed by atoms with Gasteiger partial charge in [-0.1, -0.05) is 35.3 Å². The average molecular weight is 398 g/mol. The Labute approximate surface area is 158 Å². The molecule has 0 aliphatic heterocycles. The number of nitrogens with two attached hydrogens (primary N) is 1. The Morgan fingerprint density at radius 1 is 1.15 bits per heavy atom. The average Bonchev–Trinajstić information content (AvgIpc) is 2.60. The minimum Gasteiger partial charge on any atom is -0.481 e. The van der Waals surface area contributed by atoms with Crippen molar-refractivity contribution in [2.75, 3.05) is 18.5 Å². The standard InChI is InChI=1S/C16H13Cl2N3O5/c17-9-5-11(18)16(20-6-9)21-13(22)7-26-14(23)8-25-12-4-2-1-3-10(12)15(19)24/h1-6H,7-8H2,(H2,19,24)(H,20,21,22). The van der Waals surface area contributed by atoms with Crippen molar-refractivity contribution >= 4 is 46.8 Å². The van der Waals surface area contributed by atoms with Gasteiger partial charge in [-0.05, 0) is 18.2 Å². The summed E-state index contributed by atoms with van der Waals surface area (Å²) >= 11 is 11.6. The van der Waals surface area contributed by atoms with E-state index in [0.717, 1.165) is 0 Å². The number of esters is 1. The van der Waals surface area contributed by atoms with Crippen molar-refractivity contribution in [2.24, 2.45) is 5.73 Å². The van der Waals surface area contributed by atoms with E-state index < -0.39 is 31.0 Å². The zero-order valence-electron chi connectivity index (χ0n) is 13.2. The number of nitrogens with zero attached hydrogens (tertiary/aromatic N) is 1. The van der Waals surface area contributed by atoms with Crippen molar-refractivity contribution in [1.82, 2.24) is 4.98 Å². The quantitative estimate of drug-likeness (QED) is 0.689. The van der Waals surface area contributed by atoms with Crippen LogP contribution < -0.4 is 15.8 Å². The molecule has 1 aromatic heterocycles. The molecule has 0 unspecified atom stereocenters. The van der Waals surface area contributed by atoms with Gasteiger partial charge < -0.3 is 20.5 Å². The number of para-hydroxylation sites is 1. The third kappa shape index (κ3) is 5.61. The minimum absolute atomic E-state index is 0.0868. The van der Waals surface area contributed by atoms with Gasteiger partial charge in [-0.15, -0.1) is 0 Å². The molecule has 0 fully saturated rings. The zero-order valence-corrected chi connectivity index (χ0v) is 14.7. The van der Waals surface area contributed by atoms with E-state index in [2.05, 4.69) is 10.3 Å². The van der Waals surface area contributed by atoms with Crippen molar-refractivity contribution in [3.05, 3.63) is 52.1 Å². The molecule has 2 rings (SSSR count). The first-order valence-corrected chi connectivity index (χ1v) is 7.90. The second-order valence-corrected chi connectivity index (χ2v) is 5.69. The molecule has 0 saturated carbocycles. The first-order chi connectivity index (χ1) is 12.4. The predicted octanol–water partition coefficient (Wildman–Crippen LogP) is 2.05. The summed E-state index contributed by atoms with van der Waals surface area (Å²) in [6.45, 7) is -1.07. The largest absolute Gasteiger partial charge is 0.481 e. The van der Waals surface area contributed by atoms with E-state index in [9.17, 15) is 14.4 Å². The van der Waals surface area contributed by atoms with E-state index in [0.29, 0.717) is 5.02 Å². The van der Waals surface area contributed by atoms with Crippen molar-refractivity contribution in [2.45, 2.75) is 0 Å². The highest BCUT2D eigenvalue weighted by atomic mass is 35.5. The molecule has 0 atom stereocenters. The zero-order chi connectivity index (χ0) is 19.1. The van der Waals surface area contributed by atoms with Crippen molar-refractivity contribution in [3.63, 3.8) is 0 Å². The number of hydrogen-bond acceptors (Lipinski definition) is 6. The van der Waals surface area contributed by atoms with Crippen LogP contribution in [0.5, 0.6) is 5.75 Å². The summed E-state index contributed by atoms with van der Waals surface area (Å²) in [5, 5.41) is 2.83. The van der Waals surface area contributed by atoms with Gasteiger partial charge in [0.15, 0.2) is 19.0 Å². The van der Waals surface area contributed by atoms with Crippen molar-refractivity contribution in [1.29, 1.82) is 0 Å². The lowest BCUT2D eigenvalue weighted by atomic mass is 10.2. The predicted molar refractivity (Wildman–Crippen MR) is 94.3 cm³/mol. The molecule has 10 heteroatoms. The van der Waals surface area contributed by atoms with Gasteiger partial charge in [0.1, 0.15) is 5.75 Å². The van der Waals surface area contributed by atoms with Crippen LogP contribution in [0.15, 0.2) is 36.5 Å². The smallest absolute Gasteiger partial charge is 0.344 e. The first-order valence-electron chi connectivity index (χ1n) is 7.15. The van der Waals surface area contributed by atoms with E-state index >= 15 is 0 Å². The van der Waals surface area contributed by atoms with Crippen LogP contribution in [0.1, 0.15) is 10.4 Å². The molecule has 0 bridgehead atoms. The molecular weight excluding hydrogens is 385 g/mol. The number of ether oxygens (including phenoxy) is 2. The van der Waals surface area contributed by atoms with Crippen molar-refractivity contribution in [3.8, 4) is 5.75 Å². The fourth-order valence-corrected chi connectivity index (χ4v) is 2.22. The Hall–Kier alpha value is -2.84. The molecule has 0 aliphatic carbocycles. The number of benzene rings is 1. The number of amides is 2. The molecule has 1 aromatic carbocycles. The van der Waals surface area contributed by atoms with E-state index in [1.165, 1.54) is 24.4 Å². The van der Waals surface area contributed by atoms with Gasteiger partial charge in [-0.25, -0.2) is 9.78 Å². The molecule has 8 nitrogen and oxygen atoms in total. The second-order valence-electron chi connectivity index (χ2n) is 4.84. The molecule has 3 N–H and O–H groups in total. The fourth-order valence-electron chi connectivity index (χ4n) is 1.80. The number of anilines is 1. The summed E-state index contributed by atoms with van der Waals surface area (Å²) in [6.07, 6.45) is 1.30. The Bertz CT molecular complexity index is 844. The van der Waals surface area contributed by atoms with Crippen LogP contribution in [0.4, 0.5) is 5.82 Å². The number of aromatic nitrogens is 1. The van der Waals surface area contributed by atoms with Gasteiger partial charge in [-0.3, -0.25) is 9.59 Å². The van der Waals surface area contributed by atoms with E-state index in [1.807, 2.05) is 0 Å². The highest BCUT2D eigenvalue weighted by molar-refractivity contribution is 6.36.